The van der Waals surface area contributed by atoms with Crippen LogP contribution in [0.25, 0.3) is 16.7 Å². The minimum Gasteiger partial charge on any atom is -0.489 e. The third-order valence-electron chi connectivity index (χ3n) is 4.91. The fourth-order valence-corrected chi connectivity index (χ4v) is 3.27. The minimum atomic E-state index is -0.310. The van der Waals surface area contributed by atoms with Gasteiger partial charge in [0, 0.05) is 18.2 Å². The molecule has 1 aliphatic rings. The predicted octanol–water partition coefficient (Wildman–Crippen LogP) is 4.31. The summed E-state index contributed by atoms with van der Waals surface area (Å²) < 4.78 is 20.4. The zero-order valence-electron chi connectivity index (χ0n) is 15.1. The van der Waals surface area contributed by atoms with Crippen LogP contribution in [0.4, 0.5) is 4.39 Å². The number of benzene rings is 2. The molecule has 2 aromatic heterocycles. The second kappa shape index (κ2) is 6.64. The van der Waals surface area contributed by atoms with Crippen molar-refractivity contribution in [3.8, 4) is 11.4 Å². The van der Waals surface area contributed by atoms with Gasteiger partial charge in [-0.1, -0.05) is 12.1 Å². The topological polar surface area (TPSA) is 59.9 Å². The van der Waals surface area contributed by atoms with Gasteiger partial charge in [-0.25, -0.2) is 9.37 Å². The predicted molar refractivity (Wildman–Crippen MR) is 104 cm³/mol. The Labute approximate surface area is 160 Å². The zero-order valence-corrected chi connectivity index (χ0v) is 15.1. The smallest absolute Gasteiger partial charge is 0.258 e. The Kier molecular flexibility index (Phi) is 3.97. The fraction of sp³-hybridized carbons (Fsp3) is 0.182. The summed E-state index contributed by atoms with van der Waals surface area (Å²) in [5.74, 6) is 1.72. The molecule has 0 spiro atoms. The normalized spacial score (nSPS) is 13.8. The van der Waals surface area contributed by atoms with E-state index in [1.807, 2.05) is 18.2 Å². The van der Waals surface area contributed by atoms with E-state index in [0.717, 1.165) is 22.5 Å². The van der Waals surface area contributed by atoms with Gasteiger partial charge in [0.15, 0.2) is 0 Å². The molecule has 0 radical (unpaired) electrons. The van der Waals surface area contributed by atoms with E-state index in [2.05, 4.69) is 9.97 Å². The number of nitrogens with one attached hydrogen (secondary N) is 1. The molecular formula is C22H18FN3O2. The first-order valence-corrected chi connectivity index (χ1v) is 9.26. The average molecular weight is 375 g/mol. The molecule has 6 heteroatoms. The maximum absolute atomic E-state index is 13.2. The number of halogens is 1. The van der Waals surface area contributed by atoms with Crippen LogP contribution in [0.3, 0.4) is 0 Å². The number of H-pyrrole nitrogens is 1. The van der Waals surface area contributed by atoms with Crippen molar-refractivity contribution in [2.75, 3.05) is 0 Å². The van der Waals surface area contributed by atoms with Crippen LogP contribution in [0.1, 0.15) is 30.1 Å². The summed E-state index contributed by atoms with van der Waals surface area (Å²) in [6.45, 7) is 0.200. The Bertz CT molecular complexity index is 1220. The molecule has 5 nitrogen and oxygen atoms in total. The Morgan fingerprint density at radius 1 is 1.14 bits per heavy atom. The first kappa shape index (κ1) is 16.7. The van der Waals surface area contributed by atoms with Crippen molar-refractivity contribution < 1.29 is 9.13 Å². The van der Waals surface area contributed by atoms with Gasteiger partial charge in [-0.3, -0.25) is 9.36 Å². The second-order valence-electron chi connectivity index (χ2n) is 7.09. The van der Waals surface area contributed by atoms with Crippen molar-refractivity contribution in [3.05, 3.63) is 88.4 Å². The Morgan fingerprint density at radius 3 is 2.82 bits per heavy atom. The zero-order chi connectivity index (χ0) is 19.1. The molecule has 0 aliphatic heterocycles. The lowest BCUT2D eigenvalue weighted by molar-refractivity contribution is 0.304. The number of nitrogens with zero attached hydrogens (tertiary/aromatic N) is 2. The summed E-state index contributed by atoms with van der Waals surface area (Å²) in [6.07, 6.45) is 4.05. The summed E-state index contributed by atoms with van der Waals surface area (Å²) in [5.41, 5.74) is 3.12. The fourth-order valence-electron chi connectivity index (χ4n) is 3.27. The number of fused-ring (bicyclic) bond motifs is 1. The highest BCUT2D eigenvalue weighted by Crippen LogP contribution is 2.39. The van der Waals surface area contributed by atoms with E-state index in [1.54, 1.807) is 29.0 Å². The van der Waals surface area contributed by atoms with E-state index in [9.17, 15) is 9.18 Å². The number of rotatable bonds is 5. The van der Waals surface area contributed by atoms with Crippen LogP contribution in [0.2, 0.25) is 0 Å². The van der Waals surface area contributed by atoms with Gasteiger partial charge in [-0.2, -0.15) is 0 Å². The molecule has 140 valence electrons. The molecule has 0 atom stereocenters. The first-order valence-electron chi connectivity index (χ1n) is 9.26. The van der Waals surface area contributed by atoms with Gasteiger partial charge >= 0.3 is 0 Å². The molecule has 5 rings (SSSR count). The Balaban J connectivity index is 1.38. The maximum Gasteiger partial charge on any atom is 0.258 e. The van der Waals surface area contributed by atoms with Crippen LogP contribution >= 0.6 is 0 Å². The molecule has 4 aromatic rings. The van der Waals surface area contributed by atoms with E-state index >= 15 is 0 Å². The molecule has 0 bridgehead atoms. The van der Waals surface area contributed by atoms with Crippen LogP contribution < -0.4 is 10.3 Å². The lowest BCUT2D eigenvalue weighted by Crippen LogP contribution is -2.16. The Hall–Kier alpha value is -3.41. The number of aromatic amines is 1. The molecule has 0 saturated heterocycles. The SMILES string of the molecule is O=c1cc(OCc2cccc(F)c2)ccn1-c1ccc2nc(C3CC3)[nH]c2c1. The second-order valence-corrected chi connectivity index (χ2v) is 7.09. The molecule has 2 heterocycles. The van der Waals surface area contributed by atoms with Crippen LogP contribution in [-0.4, -0.2) is 14.5 Å². The highest BCUT2D eigenvalue weighted by Gasteiger charge is 2.26. The number of pyridine rings is 1. The van der Waals surface area contributed by atoms with E-state index in [-0.39, 0.29) is 18.0 Å². The number of hydrogen-bond donors (Lipinski definition) is 1. The average Bonchev–Trinajstić information content (AvgIpc) is 3.45. The number of ether oxygens (including phenoxy) is 1. The third-order valence-corrected chi connectivity index (χ3v) is 4.91. The summed E-state index contributed by atoms with van der Waals surface area (Å²) in [5, 5.41) is 0. The molecule has 2 aromatic carbocycles. The van der Waals surface area contributed by atoms with Crippen LogP contribution in [-0.2, 0) is 6.61 Å². The van der Waals surface area contributed by atoms with Gasteiger partial charge in [0.2, 0.25) is 0 Å². The highest BCUT2D eigenvalue weighted by atomic mass is 19.1. The molecule has 1 saturated carbocycles. The standard InChI is InChI=1S/C22H18FN3O2/c23-16-3-1-2-14(10-16)13-28-18-8-9-26(21(27)12-18)17-6-7-19-20(11-17)25-22(24-19)15-4-5-15/h1-3,6-12,15H,4-5,13H2,(H,24,25). The van der Waals surface area contributed by atoms with Crippen molar-refractivity contribution in [1.82, 2.24) is 14.5 Å². The summed E-state index contributed by atoms with van der Waals surface area (Å²) in [6, 6.07) is 15.1. The first-order chi connectivity index (χ1) is 13.7. The number of aromatic nitrogens is 3. The third kappa shape index (κ3) is 3.29. The van der Waals surface area contributed by atoms with Gasteiger partial charge in [0.05, 0.1) is 16.7 Å². The summed E-state index contributed by atoms with van der Waals surface area (Å²) in [7, 11) is 0. The maximum atomic E-state index is 13.2. The van der Waals surface area contributed by atoms with E-state index in [0.29, 0.717) is 17.2 Å². The van der Waals surface area contributed by atoms with Gasteiger partial charge in [0.25, 0.3) is 5.56 Å². The quantitative estimate of drug-likeness (QED) is 0.565. The van der Waals surface area contributed by atoms with Crippen molar-refractivity contribution in [2.45, 2.75) is 25.4 Å². The highest BCUT2D eigenvalue weighted by molar-refractivity contribution is 5.77. The van der Waals surface area contributed by atoms with Gasteiger partial charge in [-0.05, 0) is 54.8 Å². The summed E-state index contributed by atoms with van der Waals surface area (Å²) in [4.78, 5) is 20.5. The lowest BCUT2D eigenvalue weighted by atomic mass is 10.2. The molecule has 1 N–H and O–H groups in total. The van der Waals surface area contributed by atoms with Crippen LogP contribution in [0.15, 0.2) is 65.6 Å². The molecule has 1 fully saturated rings. The molecule has 1 aliphatic carbocycles. The molecular weight excluding hydrogens is 357 g/mol. The van der Waals surface area contributed by atoms with Crippen molar-refractivity contribution >= 4 is 11.0 Å². The molecule has 0 unspecified atom stereocenters. The van der Waals surface area contributed by atoms with E-state index < -0.39 is 0 Å². The van der Waals surface area contributed by atoms with Crippen LogP contribution in [0.5, 0.6) is 5.75 Å². The molecule has 28 heavy (non-hydrogen) atoms. The van der Waals surface area contributed by atoms with Crippen molar-refractivity contribution in [2.24, 2.45) is 0 Å². The lowest BCUT2D eigenvalue weighted by Gasteiger charge is -2.09. The van der Waals surface area contributed by atoms with Crippen molar-refractivity contribution in [1.29, 1.82) is 0 Å². The number of imidazole rings is 1. The summed E-state index contributed by atoms with van der Waals surface area (Å²) >= 11 is 0. The van der Waals surface area contributed by atoms with E-state index in [1.165, 1.54) is 31.0 Å². The van der Waals surface area contributed by atoms with E-state index in [4.69, 9.17) is 4.74 Å². The minimum absolute atomic E-state index is 0.196. The monoisotopic (exact) mass is 375 g/mol. The molecule has 0 amide bonds. The van der Waals surface area contributed by atoms with Crippen molar-refractivity contribution in [3.63, 3.8) is 0 Å². The van der Waals surface area contributed by atoms with Crippen LogP contribution in [0, 0.1) is 5.82 Å². The largest absolute Gasteiger partial charge is 0.489 e. The Morgan fingerprint density at radius 2 is 2.04 bits per heavy atom. The van der Waals surface area contributed by atoms with Gasteiger partial charge in [-0.15, -0.1) is 0 Å². The van der Waals surface area contributed by atoms with Gasteiger partial charge < -0.3 is 9.72 Å². The van der Waals surface area contributed by atoms with Gasteiger partial charge in [0.1, 0.15) is 24.0 Å². The number of hydrogen-bond acceptors (Lipinski definition) is 3.